The number of fused-ring (bicyclic) bond motifs is 1. The van der Waals surface area contributed by atoms with Crippen LogP contribution < -0.4 is 5.32 Å². The fraction of sp³-hybridized carbons (Fsp3) is 0.478. The first-order valence-corrected chi connectivity index (χ1v) is 13.3. The van der Waals surface area contributed by atoms with Gasteiger partial charge in [0.2, 0.25) is 5.91 Å². The summed E-state index contributed by atoms with van der Waals surface area (Å²) in [5, 5.41) is 3.36. The van der Waals surface area contributed by atoms with Crippen LogP contribution >= 0.6 is 11.3 Å². The quantitative estimate of drug-likeness (QED) is 0.557. The Bertz CT molecular complexity index is 1030. The molecule has 2 aromatic rings. The molecule has 1 heterocycles. The average Bonchev–Trinajstić information content (AvgIpc) is 3.05. The van der Waals surface area contributed by atoms with Crippen LogP contribution in [0.25, 0.3) is 0 Å². The highest BCUT2D eigenvalue weighted by Crippen LogP contribution is 2.40. The maximum Gasteiger partial charge on any atom is 0.341 e. The summed E-state index contributed by atoms with van der Waals surface area (Å²) >= 11 is 1.44. The Morgan fingerprint density at radius 1 is 1.23 bits per heavy atom. The fourth-order valence-electron chi connectivity index (χ4n) is 3.80. The van der Waals surface area contributed by atoms with E-state index >= 15 is 0 Å². The first-order valence-electron chi connectivity index (χ1n) is 10.6. The van der Waals surface area contributed by atoms with Gasteiger partial charge in [-0.1, -0.05) is 37.3 Å². The van der Waals surface area contributed by atoms with Gasteiger partial charge in [0.1, 0.15) is 5.00 Å². The standard InChI is InChI=1S/C23H29NO5S2/c1-3-29-23(26)21-18-12-11-16(2)14-19(18)30-22(21)24-20(25)10-7-13-31(27,28)15-17-8-5-4-6-9-17/h4-6,8-9,16H,3,7,10-15H2,1-2H3,(H,24,25). The molecule has 0 saturated heterocycles. The lowest BCUT2D eigenvalue weighted by Crippen LogP contribution is -2.17. The number of anilines is 1. The van der Waals surface area contributed by atoms with E-state index in [1.165, 1.54) is 11.3 Å². The Morgan fingerprint density at radius 2 is 1.97 bits per heavy atom. The number of hydrogen-bond acceptors (Lipinski definition) is 6. The lowest BCUT2D eigenvalue weighted by atomic mass is 9.88. The number of carbonyl (C=O) groups is 2. The number of sulfone groups is 1. The summed E-state index contributed by atoms with van der Waals surface area (Å²) in [6.07, 6.45) is 3.00. The number of amides is 1. The number of nitrogens with one attached hydrogen (secondary N) is 1. The molecule has 0 saturated carbocycles. The van der Waals surface area contributed by atoms with Gasteiger partial charge in [0.15, 0.2) is 9.84 Å². The van der Waals surface area contributed by atoms with Crippen LogP contribution in [0, 0.1) is 5.92 Å². The molecule has 1 aliphatic rings. The first-order chi connectivity index (χ1) is 14.8. The van der Waals surface area contributed by atoms with E-state index in [9.17, 15) is 18.0 Å². The molecule has 0 fully saturated rings. The van der Waals surface area contributed by atoms with Gasteiger partial charge in [-0.2, -0.15) is 0 Å². The van der Waals surface area contributed by atoms with Crippen molar-refractivity contribution in [1.29, 1.82) is 0 Å². The van der Waals surface area contributed by atoms with Crippen molar-refractivity contribution in [2.24, 2.45) is 5.92 Å². The summed E-state index contributed by atoms with van der Waals surface area (Å²) in [5.74, 6) is -0.237. The van der Waals surface area contributed by atoms with Gasteiger partial charge in [-0.25, -0.2) is 13.2 Å². The topological polar surface area (TPSA) is 89.5 Å². The second kappa shape index (κ2) is 10.4. The molecule has 0 spiro atoms. The second-order valence-corrected chi connectivity index (χ2v) is 11.3. The molecule has 31 heavy (non-hydrogen) atoms. The molecule has 168 valence electrons. The minimum absolute atomic E-state index is 0.0295. The SMILES string of the molecule is CCOC(=O)c1c(NC(=O)CCCS(=O)(=O)Cc2ccccc2)sc2c1CCC(C)C2. The summed E-state index contributed by atoms with van der Waals surface area (Å²) in [6.45, 7) is 4.21. The van der Waals surface area contributed by atoms with Crippen LogP contribution in [0.1, 0.15) is 59.5 Å². The highest BCUT2D eigenvalue weighted by Gasteiger charge is 2.29. The maximum atomic E-state index is 12.5. The number of esters is 1. The minimum atomic E-state index is -3.29. The lowest BCUT2D eigenvalue weighted by Gasteiger charge is -2.18. The van der Waals surface area contributed by atoms with Crippen molar-refractivity contribution in [2.45, 2.75) is 51.7 Å². The summed E-state index contributed by atoms with van der Waals surface area (Å²) in [7, 11) is -3.29. The van der Waals surface area contributed by atoms with Gasteiger partial charge in [-0.15, -0.1) is 11.3 Å². The normalized spacial score (nSPS) is 15.9. The van der Waals surface area contributed by atoms with Gasteiger partial charge >= 0.3 is 5.97 Å². The van der Waals surface area contributed by atoms with Gasteiger partial charge in [0, 0.05) is 11.3 Å². The smallest absolute Gasteiger partial charge is 0.341 e. The molecule has 1 aromatic carbocycles. The van der Waals surface area contributed by atoms with E-state index < -0.39 is 15.8 Å². The van der Waals surface area contributed by atoms with Gasteiger partial charge in [-0.3, -0.25) is 4.79 Å². The second-order valence-electron chi connectivity index (χ2n) is 8.01. The number of benzene rings is 1. The predicted octanol–water partition coefficient (Wildman–Crippen LogP) is 4.38. The largest absolute Gasteiger partial charge is 0.462 e. The molecule has 1 aliphatic carbocycles. The molecule has 1 amide bonds. The average molecular weight is 464 g/mol. The Kier molecular flexibility index (Phi) is 7.89. The van der Waals surface area contributed by atoms with Crippen molar-refractivity contribution in [2.75, 3.05) is 17.7 Å². The molecule has 1 atom stereocenters. The van der Waals surface area contributed by atoms with Crippen LogP contribution in [0.3, 0.4) is 0 Å². The van der Waals surface area contributed by atoms with Crippen molar-refractivity contribution in [1.82, 2.24) is 0 Å². The van der Waals surface area contributed by atoms with Crippen LogP contribution in [0.4, 0.5) is 5.00 Å². The molecule has 3 rings (SSSR count). The number of thiophene rings is 1. The Labute approximate surface area is 187 Å². The molecule has 1 aromatic heterocycles. The summed E-state index contributed by atoms with van der Waals surface area (Å²) in [4.78, 5) is 26.2. The van der Waals surface area contributed by atoms with Gasteiger partial charge < -0.3 is 10.1 Å². The molecule has 0 aliphatic heterocycles. The van der Waals surface area contributed by atoms with Crippen LogP contribution in [0.2, 0.25) is 0 Å². The monoisotopic (exact) mass is 463 g/mol. The molecule has 0 radical (unpaired) electrons. The molecule has 8 heteroatoms. The van der Waals surface area contributed by atoms with Crippen LogP contribution in [-0.4, -0.2) is 32.7 Å². The summed E-state index contributed by atoms with van der Waals surface area (Å²) in [5.41, 5.74) is 2.20. The number of hydrogen-bond donors (Lipinski definition) is 1. The molecule has 6 nitrogen and oxygen atoms in total. The molecule has 1 unspecified atom stereocenters. The maximum absolute atomic E-state index is 12.5. The third kappa shape index (κ3) is 6.40. The predicted molar refractivity (Wildman–Crippen MR) is 123 cm³/mol. The summed E-state index contributed by atoms with van der Waals surface area (Å²) < 4.78 is 29.9. The third-order valence-electron chi connectivity index (χ3n) is 5.33. The van der Waals surface area contributed by atoms with Crippen LogP contribution in [0.15, 0.2) is 30.3 Å². The van der Waals surface area contributed by atoms with Gasteiger partial charge in [0.25, 0.3) is 0 Å². The number of rotatable bonds is 9. The van der Waals surface area contributed by atoms with Crippen LogP contribution in [-0.2, 0) is 38.0 Å². The van der Waals surface area contributed by atoms with Crippen LogP contribution in [0.5, 0.6) is 0 Å². The first kappa shape index (κ1) is 23.5. The molecule has 0 bridgehead atoms. The highest BCUT2D eigenvalue weighted by molar-refractivity contribution is 7.90. The van der Waals surface area contributed by atoms with Crippen molar-refractivity contribution >= 4 is 38.1 Å². The van der Waals surface area contributed by atoms with E-state index in [4.69, 9.17) is 4.74 Å². The highest BCUT2D eigenvalue weighted by atomic mass is 32.2. The van der Waals surface area contributed by atoms with E-state index in [1.54, 1.807) is 31.2 Å². The zero-order valence-electron chi connectivity index (χ0n) is 18.0. The van der Waals surface area contributed by atoms with E-state index in [-0.39, 0.29) is 36.9 Å². The lowest BCUT2D eigenvalue weighted by molar-refractivity contribution is -0.116. The zero-order valence-corrected chi connectivity index (χ0v) is 19.6. The fourth-order valence-corrected chi connectivity index (χ4v) is 6.64. The molecule has 1 N–H and O–H groups in total. The summed E-state index contributed by atoms with van der Waals surface area (Å²) in [6, 6.07) is 9.01. The number of carbonyl (C=O) groups excluding carboxylic acids is 2. The van der Waals surface area contributed by atoms with Gasteiger partial charge in [-0.05, 0) is 49.7 Å². The van der Waals surface area contributed by atoms with Crippen molar-refractivity contribution in [3.8, 4) is 0 Å². The molecular formula is C23H29NO5S2. The van der Waals surface area contributed by atoms with E-state index in [0.29, 0.717) is 16.5 Å². The van der Waals surface area contributed by atoms with Gasteiger partial charge in [0.05, 0.1) is 23.7 Å². The molecular weight excluding hydrogens is 434 g/mol. The minimum Gasteiger partial charge on any atom is -0.462 e. The van der Waals surface area contributed by atoms with Crippen molar-refractivity contribution in [3.63, 3.8) is 0 Å². The Hall–Kier alpha value is -2.19. The third-order valence-corrected chi connectivity index (χ3v) is 8.19. The zero-order chi connectivity index (χ0) is 22.4. The van der Waals surface area contributed by atoms with Crippen molar-refractivity contribution < 1.29 is 22.7 Å². The number of ether oxygens (including phenoxy) is 1. The van der Waals surface area contributed by atoms with Crippen molar-refractivity contribution in [3.05, 3.63) is 51.9 Å². The Balaban J connectivity index is 1.62. The van der Waals surface area contributed by atoms with E-state index in [1.807, 2.05) is 6.07 Å². The van der Waals surface area contributed by atoms with E-state index in [0.717, 1.165) is 35.3 Å². The van der Waals surface area contributed by atoms with E-state index in [2.05, 4.69) is 12.2 Å². The Morgan fingerprint density at radius 3 is 2.68 bits per heavy atom.